The summed E-state index contributed by atoms with van der Waals surface area (Å²) in [4.78, 5) is 15.2. The largest absolute Gasteiger partial charge is 0.497 e. The maximum Gasteiger partial charge on any atom is 0.270 e. The summed E-state index contributed by atoms with van der Waals surface area (Å²) in [6.45, 7) is 4.08. The van der Waals surface area contributed by atoms with Crippen molar-refractivity contribution in [3.63, 3.8) is 0 Å². The second kappa shape index (κ2) is 10.0. The zero-order valence-corrected chi connectivity index (χ0v) is 21.6. The summed E-state index contributed by atoms with van der Waals surface area (Å²) in [7, 11) is 1.61. The monoisotopic (exact) mass is 517 g/mol. The van der Waals surface area contributed by atoms with Crippen LogP contribution in [0, 0.1) is 0 Å². The Kier molecular flexibility index (Phi) is 6.57. The predicted octanol–water partition coefficient (Wildman–Crippen LogP) is 4.32. The second-order valence-corrected chi connectivity index (χ2v) is 10.1. The van der Waals surface area contributed by atoms with Crippen LogP contribution in [-0.2, 0) is 30.3 Å². The number of nitrogens with zero attached hydrogens (tertiary/aromatic N) is 1. The van der Waals surface area contributed by atoms with E-state index in [9.17, 15) is 4.79 Å². The van der Waals surface area contributed by atoms with Gasteiger partial charge in [0.25, 0.3) is 5.91 Å². The van der Waals surface area contributed by atoms with Crippen molar-refractivity contribution in [2.24, 2.45) is 0 Å². The van der Waals surface area contributed by atoms with Crippen LogP contribution in [0.5, 0.6) is 11.5 Å². The molecule has 0 aliphatic carbocycles. The Balaban J connectivity index is 1.32. The molecule has 8 heteroatoms. The van der Waals surface area contributed by atoms with Crippen molar-refractivity contribution in [3.8, 4) is 11.5 Å². The number of carbonyl (C=O) groups excluding carboxylic acids is 1. The van der Waals surface area contributed by atoms with E-state index >= 15 is 0 Å². The number of para-hydroxylation sites is 1. The Morgan fingerprint density at radius 2 is 1.53 bits per heavy atom. The molecular weight excluding hydrogens is 486 g/mol. The van der Waals surface area contributed by atoms with Crippen LogP contribution in [0.1, 0.15) is 19.4 Å². The van der Waals surface area contributed by atoms with Gasteiger partial charge in [-0.05, 0) is 55.8 Å². The van der Waals surface area contributed by atoms with Crippen molar-refractivity contribution in [2.45, 2.75) is 63.0 Å². The molecule has 3 fully saturated rings. The summed E-state index contributed by atoms with van der Waals surface area (Å²) < 4.78 is 36.8. The molecule has 3 saturated heterocycles. The molecule has 198 valence electrons. The number of amides is 1. The van der Waals surface area contributed by atoms with Gasteiger partial charge in [-0.2, -0.15) is 0 Å². The Morgan fingerprint density at radius 1 is 0.842 bits per heavy atom. The molecule has 0 aromatic heterocycles. The van der Waals surface area contributed by atoms with Gasteiger partial charge in [-0.1, -0.05) is 48.5 Å². The highest BCUT2D eigenvalue weighted by Gasteiger charge is 2.64. The van der Waals surface area contributed by atoms with Gasteiger partial charge in [0, 0.05) is 5.69 Å². The number of fused-ring (bicyclic) bond motifs is 1. The van der Waals surface area contributed by atoms with E-state index in [1.54, 1.807) is 12.0 Å². The Morgan fingerprint density at radius 3 is 2.21 bits per heavy atom. The van der Waals surface area contributed by atoms with E-state index in [2.05, 4.69) is 0 Å². The van der Waals surface area contributed by atoms with Gasteiger partial charge in [0.05, 0.1) is 13.7 Å². The third kappa shape index (κ3) is 4.65. The van der Waals surface area contributed by atoms with E-state index in [4.69, 9.17) is 28.4 Å². The fraction of sp³-hybridized carbons (Fsp3) is 0.367. The topological polar surface area (TPSA) is 75.7 Å². The van der Waals surface area contributed by atoms with Crippen LogP contribution < -0.4 is 14.4 Å². The van der Waals surface area contributed by atoms with E-state index in [0.29, 0.717) is 18.1 Å². The van der Waals surface area contributed by atoms with Gasteiger partial charge >= 0.3 is 0 Å². The first-order valence-electron chi connectivity index (χ1n) is 12.8. The number of β-lactam (4-membered cyclic amide) rings is 1. The Labute approximate surface area is 222 Å². The third-order valence-corrected chi connectivity index (χ3v) is 7.09. The quantitative estimate of drug-likeness (QED) is 0.412. The van der Waals surface area contributed by atoms with E-state index < -0.39 is 42.5 Å². The molecule has 6 atom stereocenters. The minimum atomic E-state index is -0.806. The molecule has 0 unspecified atom stereocenters. The highest BCUT2D eigenvalue weighted by Crippen LogP contribution is 2.45. The van der Waals surface area contributed by atoms with Crippen LogP contribution in [0.2, 0.25) is 0 Å². The molecule has 3 aromatic carbocycles. The van der Waals surface area contributed by atoms with Gasteiger partial charge in [-0.15, -0.1) is 0 Å². The Hall–Kier alpha value is -3.43. The van der Waals surface area contributed by atoms with Crippen LogP contribution in [0.4, 0.5) is 5.69 Å². The molecule has 0 radical (unpaired) electrons. The first-order valence-corrected chi connectivity index (χ1v) is 12.8. The summed E-state index contributed by atoms with van der Waals surface area (Å²) in [5.74, 6) is 0.349. The van der Waals surface area contributed by atoms with Crippen molar-refractivity contribution in [3.05, 3.63) is 90.5 Å². The SMILES string of the molecule is COc1ccc(N2C(=O)[C@@H](Oc3ccccc3)[C@H]2[C@@H]2O[C@@H]3OC(C)(C)O[C@@H]3[C@@H]2OCc2ccccc2)cc1. The Bertz CT molecular complexity index is 1250. The number of hydrogen-bond acceptors (Lipinski definition) is 7. The van der Waals surface area contributed by atoms with Crippen molar-refractivity contribution in [2.75, 3.05) is 12.0 Å². The highest BCUT2D eigenvalue weighted by molar-refractivity contribution is 6.05. The molecule has 3 aliphatic heterocycles. The minimum Gasteiger partial charge on any atom is -0.497 e. The molecule has 3 aliphatic rings. The van der Waals surface area contributed by atoms with E-state index in [1.807, 2.05) is 98.8 Å². The van der Waals surface area contributed by atoms with Gasteiger partial charge in [-0.3, -0.25) is 9.69 Å². The summed E-state index contributed by atoms with van der Waals surface area (Å²) in [5, 5.41) is 0. The lowest BCUT2D eigenvalue weighted by Crippen LogP contribution is -2.73. The molecule has 1 amide bonds. The molecule has 0 N–H and O–H groups in total. The van der Waals surface area contributed by atoms with Crippen LogP contribution in [0.15, 0.2) is 84.9 Å². The van der Waals surface area contributed by atoms with E-state index in [1.165, 1.54) is 0 Å². The summed E-state index contributed by atoms with van der Waals surface area (Å²) in [6, 6.07) is 26.2. The maximum absolute atomic E-state index is 13.5. The number of methoxy groups -OCH3 is 1. The van der Waals surface area contributed by atoms with Gasteiger partial charge in [0.15, 0.2) is 12.1 Å². The first-order chi connectivity index (χ1) is 18.4. The molecule has 0 saturated carbocycles. The molecule has 0 bridgehead atoms. The number of ether oxygens (including phenoxy) is 6. The second-order valence-electron chi connectivity index (χ2n) is 10.1. The number of anilines is 1. The molecule has 3 heterocycles. The van der Waals surface area contributed by atoms with Crippen LogP contribution in [0.3, 0.4) is 0 Å². The highest BCUT2D eigenvalue weighted by atomic mass is 16.8. The van der Waals surface area contributed by atoms with Crippen LogP contribution in [-0.4, -0.2) is 55.6 Å². The smallest absolute Gasteiger partial charge is 0.270 e. The first kappa shape index (κ1) is 24.9. The normalized spacial score (nSPS) is 29.6. The van der Waals surface area contributed by atoms with E-state index in [-0.39, 0.29) is 5.91 Å². The van der Waals surface area contributed by atoms with E-state index in [0.717, 1.165) is 11.3 Å². The molecule has 38 heavy (non-hydrogen) atoms. The van der Waals surface area contributed by atoms with Crippen LogP contribution in [0.25, 0.3) is 0 Å². The van der Waals surface area contributed by atoms with Gasteiger partial charge in [0.1, 0.15) is 35.9 Å². The maximum atomic E-state index is 13.5. The standard InChI is InChI=1S/C30H31NO7/c1-30(2)37-27-26(34-18-19-10-6-4-7-11-19)24(36-29(27)38-30)23-25(35-22-12-8-5-9-13-22)28(32)31(23)20-14-16-21(33-3)17-15-20/h4-17,23-27,29H,18H2,1-3H3/t23-,24+,25+,26-,27-,29-/m1/s1. The molecule has 8 nitrogen and oxygen atoms in total. The lowest BCUT2D eigenvalue weighted by molar-refractivity contribution is -0.226. The van der Waals surface area contributed by atoms with Crippen molar-refractivity contribution in [1.82, 2.24) is 0 Å². The fourth-order valence-electron chi connectivity index (χ4n) is 5.35. The molecule has 6 rings (SSSR count). The average Bonchev–Trinajstić information content (AvgIpc) is 3.41. The summed E-state index contributed by atoms with van der Waals surface area (Å²) in [6.07, 6.45) is -2.90. The van der Waals surface area contributed by atoms with Crippen molar-refractivity contribution in [1.29, 1.82) is 0 Å². The predicted molar refractivity (Wildman–Crippen MR) is 139 cm³/mol. The minimum absolute atomic E-state index is 0.159. The fourth-order valence-corrected chi connectivity index (χ4v) is 5.35. The number of carbonyl (C=O) groups is 1. The zero-order chi connectivity index (χ0) is 26.3. The van der Waals surface area contributed by atoms with Gasteiger partial charge < -0.3 is 28.4 Å². The molecule has 3 aromatic rings. The van der Waals surface area contributed by atoms with Gasteiger partial charge in [0.2, 0.25) is 6.10 Å². The number of benzene rings is 3. The van der Waals surface area contributed by atoms with Crippen LogP contribution >= 0.6 is 0 Å². The average molecular weight is 518 g/mol. The van der Waals surface area contributed by atoms with Gasteiger partial charge in [-0.25, -0.2) is 0 Å². The summed E-state index contributed by atoms with van der Waals surface area (Å²) in [5.41, 5.74) is 1.75. The number of rotatable bonds is 8. The zero-order valence-electron chi connectivity index (χ0n) is 21.6. The molecular formula is C30H31NO7. The number of hydrogen-bond donors (Lipinski definition) is 0. The lowest BCUT2D eigenvalue weighted by atomic mass is 9.88. The lowest BCUT2D eigenvalue weighted by Gasteiger charge is -2.49. The third-order valence-electron chi connectivity index (χ3n) is 7.09. The van der Waals surface area contributed by atoms with Crippen molar-refractivity contribution >= 4 is 11.6 Å². The van der Waals surface area contributed by atoms with Crippen molar-refractivity contribution < 1.29 is 33.2 Å². The summed E-state index contributed by atoms with van der Waals surface area (Å²) >= 11 is 0. The molecule has 0 spiro atoms.